The number of anilines is 1. The minimum Gasteiger partial charge on any atom is -0.385 e. The summed E-state index contributed by atoms with van der Waals surface area (Å²) in [4.78, 5) is 0.247. The summed E-state index contributed by atoms with van der Waals surface area (Å²) in [7, 11) is -4.36. The molecule has 0 aliphatic rings. The van der Waals surface area contributed by atoms with Gasteiger partial charge in [0.2, 0.25) is 10.0 Å². The van der Waals surface area contributed by atoms with Gasteiger partial charge in [-0.1, -0.05) is 6.92 Å². The van der Waals surface area contributed by atoms with E-state index in [1.54, 1.807) is 30.5 Å². The second-order valence-electron chi connectivity index (χ2n) is 4.48. The fourth-order valence-corrected chi connectivity index (χ4v) is 3.21. The van der Waals surface area contributed by atoms with Crippen LogP contribution < -0.4 is 10.0 Å². The first-order valence-corrected chi connectivity index (χ1v) is 9.80. The molecule has 1 rings (SSSR count). The summed E-state index contributed by atoms with van der Waals surface area (Å²) in [5, 5.41) is 3.19. The van der Waals surface area contributed by atoms with Gasteiger partial charge in [0.1, 0.15) is 0 Å². The summed E-state index contributed by atoms with van der Waals surface area (Å²) in [6.45, 7) is 3.23. The van der Waals surface area contributed by atoms with Gasteiger partial charge in [0.25, 0.3) is 0 Å². The number of benzene rings is 1. The van der Waals surface area contributed by atoms with Crippen molar-refractivity contribution in [3.8, 4) is 0 Å². The summed E-state index contributed by atoms with van der Waals surface area (Å²) in [5.41, 5.74) is 0.909. The zero-order chi connectivity index (χ0) is 15.0. The van der Waals surface area contributed by atoms with Crippen LogP contribution in [-0.4, -0.2) is 37.7 Å². The van der Waals surface area contributed by atoms with Crippen LogP contribution in [-0.2, 0) is 20.8 Å². The highest BCUT2D eigenvalue weighted by atomic mass is 32.2. The van der Waals surface area contributed by atoms with Gasteiger partial charge in [-0.15, -0.1) is 0 Å². The molecule has 1 unspecified atom stereocenters. The number of rotatable bonds is 9. The number of sulfonamides is 1. The molecule has 0 bridgehead atoms. The molecule has 0 heterocycles. The van der Waals surface area contributed by atoms with Crippen molar-refractivity contribution < 1.29 is 12.6 Å². The predicted octanol–water partition coefficient (Wildman–Crippen LogP) is 1.56. The standard InChI is InChI=1S/C13H22N2O3S2/c1-3-9-14-12-5-7-13(8-6-12)20(17,18)15-10-4-11-19(2)16/h5-8,14-15H,3-4,9-11H2,1-2H3. The van der Waals surface area contributed by atoms with Crippen molar-refractivity contribution >= 4 is 26.5 Å². The van der Waals surface area contributed by atoms with Crippen LogP contribution in [0.2, 0.25) is 0 Å². The second kappa shape index (κ2) is 8.39. The minimum atomic E-state index is -3.47. The van der Waals surface area contributed by atoms with E-state index in [-0.39, 0.29) is 4.90 Å². The Bertz CT molecular complexity index is 527. The normalized spacial score (nSPS) is 13.1. The molecular weight excluding hydrogens is 296 g/mol. The second-order valence-corrected chi connectivity index (χ2v) is 7.80. The molecule has 0 saturated heterocycles. The molecular formula is C13H22N2O3S2. The maximum absolute atomic E-state index is 12.0. The third-order valence-corrected chi connectivity index (χ3v) is 4.98. The summed E-state index contributed by atoms with van der Waals surface area (Å²) in [6.07, 6.45) is 3.19. The molecule has 0 aliphatic heterocycles. The fourth-order valence-electron chi connectivity index (χ4n) is 1.59. The monoisotopic (exact) mass is 318 g/mol. The third-order valence-electron chi connectivity index (χ3n) is 2.64. The minimum absolute atomic E-state index is 0.247. The van der Waals surface area contributed by atoms with E-state index in [1.807, 2.05) is 0 Å². The van der Waals surface area contributed by atoms with Crippen LogP contribution in [0.15, 0.2) is 29.2 Å². The van der Waals surface area contributed by atoms with Crippen molar-refractivity contribution in [2.24, 2.45) is 0 Å². The Kier molecular flexibility index (Phi) is 7.18. The van der Waals surface area contributed by atoms with Crippen LogP contribution in [0.1, 0.15) is 19.8 Å². The van der Waals surface area contributed by atoms with Gasteiger partial charge in [-0.3, -0.25) is 4.21 Å². The van der Waals surface area contributed by atoms with E-state index in [9.17, 15) is 12.6 Å². The van der Waals surface area contributed by atoms with Crippen molar-refractivity contribution in [1.29, 1.82) is 0 Å². The average Bonchev–Trinajstić information content (AvgIpc) is 2.42. The zero-order valence-corrected chi connectivity index (χ0v) is 13.5. The van der Waals surface area contributed by atoms with E-state index in [2.05, 4.69) is 17.0 Å². The highest BCUT2D eigenvalue weighted by Gasteiger charge is 2.12. The van der Waals surface area contributed by atoms with Crippen molar-refractivity contribution in [3.63, 3.8) is 0 Å². The van der Waals surface area contributed by atoms with E-state index in [0.717, 1.165) is 18.7 Å². The van der Waals surface area contributed by atoms with Crippen molar-refractivity contribution in [1.82, 2.24) is 4.72 Å². The lowest BCUT2D eigenvalue weighted by molar-refractivity contribution is 0.580. The van der Waals surface area contributed by atoms with Gasteiger partial charge in [0.05, 0.1) is 4.90 Å². The molecule has 2 N–H and O–H groups in total. The Morgan fingerprint density at radius 1 is 1.15 bits per heavy atom. The highest BCUT2D eigenvalue weighted by Crippen LogP contribution is 2.13. The third kappa shape index (κ3) is 6.02. The number of hydrogen-bond acceptors (Lipinski definition) is 4. The molecule has 1 aromatic carbocycles. The van der Waals surface area contributed by atoms with Gasteiger partial charge in [0.15, 0.2) is 0 Å². The molecule has 0 saturated carbocycles. The molecule has 114 valence electrons. The van der Waals surface area contributed by atoms with E-state index in [1.165, 1.54) is 0 Å². The Hall–Kier alpha value is -0.920. The van der Waals surface area contributed by atoms with Crippen LogP contribution in [0.4, 0.5) is 5.69 Å². The van der Waals surface area contributed by atoms with Crippen LogP contribution >= 0.6 is 0 Å². The van der Waals surface area contributed by atoms with Gasteiger partial charge in [-0.2, -0.15) is 0 Å². The van der Waals surface area contributed by atoms with E-state index < -0.39 is 20.8 Å². The molecule has 20 heavy (non-hydrogen) atoms. The average molecular weight is 318 g/mol. The van der Waals surface area contributed by atoms with Gasteiger partial charge in [-0.05, 0) is 37.1 Å². The molecule has 0 fully saturated rings. The Morgan fingerprint density at radius 3 is 2.35 bits per heavy atom. The first-order valence-electron chi connectivity index (χ1n) is 6.59. The largest absolute Gasteiger partial charge is 0.385 e. The number of nitrogens with one attached hydrogen (secondary N) is 2. The molecule has 0 spiro atoms. The quantitative estimate of drug-likeness (QED) is 0.678. The molecule has 0 aliphatic carbocycles. The van der Waals surface area contributed by atoms with Crippen molar-refractivity contribution in [2.75, 3.05) is 30.4 Å². The Balaban J connectivity index is 2.56. The topological polar surface area (TPSA) is 75.3 Å². The fraction of sp³-hybridized carbons (Fsp3) is 0.538. The van der Waals surface area contributed by atoms with Crippen LogP contribution in [0.25, 0.3) is 0 Å². The summed E-state index contributed by atoms with van der Waals surface area (Å²) in [5.74, 6) is 0.502. The number of hydrogen-bond donors (Lipinski definition) is 2. The molecule has 1 aromatic rings. The van der Waals surface area contributed by atoms with Crippen LogP contribution in [0, 0.1) is 0 Å². The van der Waals surface area contributed by atoms with Crippen LogP contribution in [0.5, 0.6) is 0 Å². The zero-order valence-electron chi connectivity index (χ0n) is 11.9. The van der Waals surface area contributed by atoms with E-state index in [4.69, 9.17) is 0 Å². The van der Waals surface area contributed by atoms with Crippen LogP contribution in [0.3, 0.4) is 0 Å². The SMILES string of the molecule is CCCNc1ccc(S(=O)(=O)NCCCS(C)=O)cc1. The first kappa shape index (κ1) is 17.1. The molecule has 0 amide bonds. The lowest BCUT2D eigenvalue weighted by atomic mass is 10.3. The molecule has 5 nitrogen and oxygen atoms in total. The maximum atomic E-state index is 12.0. The van der Waals surface area contributed by atoms with Gasteiger partial charge in [-0.25, -0.2) is 13.1 Å². The molecule has 7 heteroatoms. The Morgan fingerprint density at radius 2 is 1.80 bits per heavy atom. The summed E-state index contributed by atoms with van der Waals surface area (Å²) < 4.78 is 37.4. The lowest BCUT2D eigenvalue weighted by Gasteiger charge is -2.08. The first-order chi connectivity index (χ1) is 9.45. The smallest absolute Gasteiger partial charge is 0.240 e. The van der Waals surface area contributed by atoms with Crippen molar-refractivity contribution in [3.05, 3.63) is 24.3 Å². The van der Waals surface area contributed by atoms with E-state index >= 15 is 0 Å². The Labute approximate surface area is 123 Å². The maximum Gasteiger partial charge on any atom is 0.240 e. The predicted molar refractivity (Wildman–Crippen MR) is 84.0 cm³/mol. The van der Waals surface area contributed by atoms with Gasteiger partial charge in [0, 0.05) is 41.6 Å². The molecule has 0 aromatic heterocycles. The van der Waals surface area contributed by atoms with E-state index in [0.29, 0.717) is 18.7 Å². The summed E-state index contributed by atoms with van der Waals surface area (Å²) >= 11 is 0. The summed E-state index contributed by atoms with van der Waals surface area (Å²) in [6, 6.07) is 6.67. The van der Waals surface area contributed by atoms with Crippen molar-refractivity contribution in [2.45, 2.75) is 24.7 Å². The van der Waals surface area contributed by atoms with Gasteiger partial charge >= 0.3 is 0 Å². The highest BCUT2D eigenvalue weighted by molar-refractivity contribution is 7.89. The lowest BCUT2D eigenvalue weighted by Crippen LogP contribution is -2.25. The van der Waals surface area contributed by atoms with Gasteiger partial charge < -0.3 is 5.32 Å². The molecule has 0 radical (unpaired) electrons. The molecule has 1 atom stereocenters.